The number of nitrogens with zero attached hydrogens (tertiary/aromatic N) is 2. The minimum absolute atomic E-state index is 0.0206. The molecule has 0 spiro atoms. The van der Waals surface area contributed by atoms with Gasteiger partial charge in [-0.1, -0.05) is 18.2 Å². The van der Waals surface area contributed by atoms with Crippen molar-refractivity contribution in [2.24, 2.45) is 0 Å². The highest BCUT2D eigenvalue weighted by atomic mass is 19.2. The van der Waals surface area contributed by atoms with E-state index >= 15 is 0 Å². The molecule has 1 aliphatic rings. The zero-order valence-electron chi connectivity index (χ0n) is 16.1. The molecule has 0 N–H and O–H groups in total. The molecule has 7 heteroatoms. The average Bonchev–Trinajstić information content (AvgIpc) is 2.91. The summed E-state index contributed by atoms with van der Waals surface area (Å²) >= 11 is 0. The zero-order chi connectivity index (χ0) is 20.8. The van der Waals surface area contributed by atoms with Crippen LogP contribution in [0.4, 0.5) is 8.78 Å². The normalized spacial score (nSPS) is 14.9. The van der Waals surface area contributed by atoms with Gasteiger partial charge in [-0.2, -0.15) is 0 Å². The first-order valence-electron chi connectivity index (χ1n) is 9.29. The van der Waals surface area contributed by atoms with Crippen molar-refractivity contribution in [3.8, 4) is 5.75 Å². The first kappa shape index (κ1) is 20.5. The van der Waals surface area contributed by atoms with E-state index in [2.05, 4.69) is 0 Å². The molecule has 0 saturated carbocycles. The Hall–Kier alpha value is -3.22. The van der Waals surface area contributed by atoms with E-state index in [1.807, 2.05) is 24.3 Å². The Morgan fingerprint density at radius 2 is 1.93 bits per heavy atom. The molecule has 2 aromatic carbocycles. The molecule has 152 valence electrons. The molecule has 29 heavy (non-hydrogen) atoms. The van der Waals surface area contributed by atoms with Crippen LogP contribution in [0.1, 0.15) is 17.5 Å². The lowest BCUT2D eigenvalue weighted by molar-refractivity contribution is -0.130. The van der Waals surface area contributed by atoms with Crippen LogP contribution >= 0.6 is 0 Å². The van der Waals surface area contributed by atoms with E-state index < -0.39 is 11.6 Å². The quantitative estimate of drug-likeness (QED) is 0.724. The fourth-order valence-corrected chi connectivity index (χ4v) is 3.13. The molecule has 0 bridgehead atoms. The standard InChI is InChI=1S/C22H22F2N2O3/c1-29-18-4-2-3-17(13-18)15-26-12-11-25(10-9-22(26)28)21(27)8-6-16-5-7-19(23)20(24)14-16/h2-8,13-14H,9-12,15H2,1H3. The maximum atomic E-state index is 13.3. The lowest BCUT2D eigenvalue weighted by Gasteiger charge is -2.22. The summed E-state index contributed by atoms with van der Waals surface area (Å²) in [5.74, 6) is -1.47. The highest BCUT2D eigenvalue weighted by Crippen LogP contribution is 2.16. The van der Waals surface area contributed by atoms with Crippen molar-refractivity contribution in [3.05, 3.63) is 71.3 Å². The summed E-state index contributed by atoms with van der Waals surface area (Å²) in [6, 6.07) is 11.0. The third-order valence-corrected chi connectivity index (χ3v) is 4.77. The maximum Gasteiger partial charge on any atom is 0.246 e. The second-order valence-electron chi connectivity index (χ2n) is 6.75. The smallest absolute Gasteiger partial charge is 0.246 e. The number of hydrogen-bond donors (Lipinski definition) is 0. The Kier molecular flexibility index (Phi) is 6.59. The molecule has 5 nitrogen and oxygen atoms in total. The maximum absolute atomic E-state index is 13.3. The van der Waals surface area contributed by atoms with E-state index in [1.54, 1.807) is 16.9 Å². The van der Waals surface area contributed by atoms with Gasteiger partial charge in [-0.3, -0.25) is 9.59 Å². The summed E-state index contributed by atoms with van der Waals surface area (Å²) in [5.41, 5.74) is 1.35. The van der Waals surface area contributed by atoms with Crippen LogP contribution in [0.15, 0.2) is 48.5 Å². The van der Waals surface area contributed by atoms with E-state index in [1.165, 1.54) is 18.2 Å². The van der Waals surface area contributed by atoms with E-state index in [-0.39, 0.29) is 18.2 Å². The van der Waals surface area contributed by atoms with Crippen molar-refractivity contribution in [1.82, 2.24) is 9.80 Å². The monoisotopic (exact) mass is 400 g/mol. The van der Waals surface area contributed by atoms with Gasteiger partial charge in [-0.05, 0) is 41.5 Å². The van der Waals surface area contributed by atoms with Gasteiger partial charge in [0.1, 0.15) is 5.75 Å². The van der Waals surface area contributed by atoms with Crippen molar-refractivity contribution in [2.45, 2.75) is 13.0 Å². The highest BCUT2D eigenvalue weighted by molar-refractivity contribution is 5.92. The van der Waals surface area contributed by atoms with Crippen LogP contribution in [-0.4, -0.2) is 48.4 Å². The summed E-state index contributed by atoms with van der Waals surface area (Å²) in [5, 5.41) is 0. The molecule has 1 aliphatic heterocycles. The summed E-state index contributed by atoms with van der Waals surface area (Å²) in [6.45, 7) is 1.58. The lowest BCUT2D eigenvalue weighted by Crippen LogP contribution is -2.34. The summed E-state index contributed by atoms with van der Waals surface area (Å²) < 4.78 is 31.5. The topological polar surface area (TPSA) is 49.9 Å². The highest BCUT2D eigenvalue weighted by Gasteiger charge is 2.23. The number of methoxy groups -OCH3 is 1. The van der Waals surface area contributed by atoms with Crippen LogP contribution in [0.2, 0.25) is 0 Å². The van der Waals surface area contributed by atoms with Gasteiger partial charge >= 0.3 is 0 Å². The van der Waals surface area contributed by atoms with Gasteiger partial charge in [0.15, 0.2) is 11.6 Å². The third-order valence-electron chi connectivity index (χ3n) is 4.77. The zero-order valence-corrected chi connectivity index (χ0v) is 16.1. The number of halogens is 2. The van der Waals surface area contributed by atoms with Crippen LogP contribution < -0.4 is 4.74 Å². The van der Waals surface area contributed by atoms with Crippen LogP contribution in [0.3, 0.4) is 0 Å². The van der Waals surface area contributed by atoms with Crippen LogP contribution in [0, 0.1) is 11.6 Å². The summed E-state index contributed by atoms with van der Waals surface area (Å²) in [6.07, 6.45) is 2.98. The number of ether oxygens (including phenoxy) is 1. The Morgan fingerprint density at radius 1 is 1.10 bits per heavy atom. The summed E-state index contributed by atoms with van der Waals surface area (Å²) in [7, 11) is 1.59. The first-order valence-corrected chi connectivity index (χ1v) is 9.29. The Labute approximate surface area is 168 Å². The molecular formula is C22H22F2N2O3. The van der Waals surface area contributed by atoms with Gasteiger partial charge in [0.05, 0.1) is 7.11 Å². The average molecular weight is 400 g/mol. The molecule has 0 aliphatic carbocycles. The Bertz CT molecular complexity index is 930. The van der Waals surface area contributed by atoms with Gasteiger partial charge < -0.3 is 14.5 Å². The number of amides is 2. The molecule has 0 unspecified atom stereocenters. The lowest BCUT2D eigenvalue weighted by atomic mass is 10.2. The number of carbonyl (C=O) groups excluding carboxylic acids is 2. The van der Waals surface area contributed by atoms with Crippen molar-refractivity contribution < 1.29 is 23.1 Å². The number of carbonyl (C=O) groups is 2. The van der Waals surface area contributed by atoms with E-state index in [9.17, 15) is 18.4 Å². The molecule has 0 aromatic heterocycles. The molecule has 2 aromatic rings. The minimum atomic E-state index is -0.965. The number of rotatable bonds is 5. The third kappa shape index (κ3) is 5.40. The molecule has 1 heterocycles. The second kappa shape index (κ2) is 9.32. The van der Waals surface area contributed by atoms with Crippen LogP contribution in [-0.2, 0) is 16.1 Å². The molecule has 0 atom stereocenters. The summed E-state index contributed by atoms with van der Waals surface area (Å²) in [4.78, 5) is 28.2. The SMILES string of the molecule is COc1cccc(CN2CCN(C(=O)C=Cc3ccc(F)c(F)c3)CCC2=O)c1. The minimum Gasteiger partial charge on any atom is -0.497 e. The van der Waals surface area contributed by atoms with Crippen LogP contribution in [0.25, 0.3) is 6.08 Å². The predicted octanol–water partition coefficient (Wildman–Crippen LogP) is 3.25. The molecule has 2 amide bonds. The fourth-order valence-electron chi connectivity index (χ4n) is 3.13. The van der Waals surface area contributed by atoms with Crippen molar-refractivity contribution >= 4 is 17.9 Å². The molecule has 1 fully saturated rings. The van der Waals surface area contributed by atoms with Gasteiger partial charge in [-0.25, -0.2) is 8.78 Å². The van der Waals surface area contributed by atoms with Gasteiger partial charge in [0.25, 0.3) is 0 Å². The van der Waals surface area contributed by atoms with Gasteiger partial charge in [0.2, 0.25) is 11.8 Å². The molecular weight excluding hydrogens is 378 g/mol. The van der Waals surface area contributed by atoms with Crippen molar-refractivity contribution in [3.63, 3.8) is 0 Å². The van der Waals surface area contributed by atoms with Crippen molar-refractivity contribution in [1.29, 1.82) is 0 Å². The second-order valence-corrected chi connectivity index (χ2v) is 6.75. The molecule has 1 saturated heterocycles. The van der Waals surface area contributed by atoms with Crippen LogP contribution in [0.5, 0.6) is 5.75 Å². The molecule has 0 radical (unpaired) electrons. The predicted molar refractivity (Wildman–Crippen MR) is 105 cm³/mol. The largest absolute Gasteiger partial charge is 0.497 e. The Morgan fingerprint density at radius 3 is 2.69 bits per heavy atom. The van der Waals surface area contributed by atoms with Gasteiger partial charge in [-0.15, -0.1) is 0 Å². The fraction of sp³-hybridized carbons (Fsp3) is 0.273. The van der Waals surface area contributed by atoms with E-state index in [4.69, 9.17) is 4.74 Å². The van der Waals surface area contributed by atoms with Gasteiger partial charge in [0, 0.05) is 38.7 Å². The first-order chi connectivity index (χ1) is 14.0. The number of benzene rings is 2. The van der Waals surface area contributed by atoms with Crippen molar-refractivity contribution in [2.75, 3.05) is 26.7 Å². The number of hydrogen-bond acceptors (Lipinski definition) is 3. The Balaban J connectivity index is 1.61. The van der Waals surface area contributed by atoms with E-state index in [0.717, 1.165) is 23.4 Å². The molecule has 3 rings (SSSR count). The van der Waals surface area contributed by atoms with E-state index in [0.29, 0.717) is 31.7 Å².